The van der Waals surface area contributed by atoms with Crippen LogP contribution in [-0.4, -0.2) is 30.4 Å². The van der Waals surface area contributed by atoms with Crippen LogP contribution in [0.25, 0.3) is 0 Å². The Bertz CT molecular complexity index is 261. The van der Waals surface area contributed by atoms with Gasteiger partial charge in [-0.3, -0.25) is 0 Å². The summed E-state index contributed by atoms with van der Waals surface area (Å²) >= 11 is 0. The van der Waals surface area contributed by atoms with Crippen LogP contribution in [0.1, 0.15) is 26.2 Å². The molecule has 0 aromatic carbocycles. The van der Waals surface area contributed by atoms with Gasteiger partial charge in [0.1, 0.15) is 0 Å². The van der Waals surface area contributed by atoms with E-state index in [1.807, 2.05) is 0 Å². The topological polar surface area (TPSA) is 0 Å². The van der Waals surface area contributed by atoms with Crippen molar-refractivity contribution < 1.29 is 39.5 Å². The van der Waals surface area contributed by atoms with E-state index in [2.05, 4.69) is 0 Å². The smallest absolute Gasteiger partial charge is 0.241 e. The molecule has 9 heteroatoms. The van der Waals surface area contributed by atoms with Gasteiger partial charge < -0.3 is 0 Å². The third-order valence-electron chi connectivity index (χ3n) is 2.32. The molecule has 0 N–H and O–H groups in total. The number of hydrogen-bond acceptors (Lipinski definition) is 0. The van der Waals surface area contributed by atoms with Gasteiger partial charge in [0.05, 0.1) is 0 Å². The van der Waals surface area contributed by atoms with Crippen LogP contribution in [-0.2, 0) is 0 Å². The van der Waals surface area contributed by atoms with Gasteiger partial charge in [-0.1, -0.05) is 19.8 Å². The van der Waals surface area contributed by atoms with Crippen molar-refractivity contribution in [3.63, 3.8) is 0 Å². The Kier molecular flexibility index (Phi) is 5.37. The molecule has 0 aliphatic heterocycles. The summed E-state index contributed by atoms with van der Waals surface area (Å²) in [6, 6.07) is 0. The second kappa shape index (κ2) is 5.56. The largest absolute Gasteiger partial charge is 0.380 e. The number of halogens is 9. The second-order valence-electron chi connectivity index (χ2n) is 3.73. The number of alkyl halides is 9. The van der Waals surface area contributed by atoms with Crippen molar-refractivity contribution in [3.8, 4) is 0 Å². The fourth-order valence-corrected chi connectivity index (χ4v) is 1.12. The van der Waals surface area contributed by atoms with Crippen molar-refractivity contribution in [2.24, 2.45) is 0 Å². The van der Waals surface area contributed by atoms with Gasteiger partial charge in [0.2, 0.25) is 0 Å². The Morgan fingerprint density at radius 2 is 1.28 bits per heavy atom. The van der Waals surface area contributed by atoms with Crippen LogP contribution in [0.2, 0.25) is 0 Å². The minimum atomic E-state index is -6.46. The molecule has 0 saturated carbocycles. The van der Waals surface area contributed by atoms with Gasteiger partial charge in [-0.2, -0.15) is 26.3 Å². The van der Waals surface area contributed by atoms with Crippen molar-refractivity contribution in [3.05, 3.63) is 0 Å². The summed E-state index contributed by atoms with van der Waals surface area (Å²) in [5.41, 5.74) is 0. The molecule has 0 aromatic rings. The van der Waals surface area contributed by atoms with Gasteiger partial charge in [-0.15, -0.1) is 0 Å². The highest BCUT2D eigenvalue weighted by atomic mass is 19.4. The third-order valence-corrected chi connectivity index (χ3v) is 2.32. The van der Waals surface area contributed by atoms with Gasteiger partial charge in [-0.25, -0.2) is 13.2 Å². The third kappa shape index (κ3) is 2.85. The first kappa shape index (κ1) is 17.4. The van der Waals surface area contributed by atoms with E-state index in [0.717, 1.165) is 0 Å². The molecule has 0 nitrogen and oxygen atoms in total. The molecule has 0 aliphatic rings. The predicted molar refractivity (Wildman–Crippen MR) is 45.3 cm³/mol. The van der Waals surface area contributed by atoms with Crippen LogP contribution >= 0.6 is 0 Å². The summed E-state index contributed by atoms with van der Waals surface area (Å²) in [4.78, 5) is 0. The van der Waals surface area contributed by atoms with Crippen LogP contribution in [0.15, 0.2) is 0 Å². The summed E-state index contributed by atoms with van der Waals surface area (Å²) in [7, 11) is 0. The van der Waals surface area contributed by atoms with Gasteiger partial charge in [0.15, 0.2) is 6.17 Å². The Morgan fingerprint density at radius 3 is 1.61 bits per heavy atom. The van der Waals surface area contributed by atoms with E-state index >= 15 is 0 Å². The average molecular weight is 290 g/mol. The Morgan fingerprint density at radius 1 is 0.833 bits per heavy atom. The summed E-state index contributed by atoms with van der Waals surface area (Å²) in [5, 5.41) is 0. The van der Waals surface area contributed by atoms with E-state index in [1.165, 1.54) is 6.92 Å². The molecular formula is C9H11F9. The monoisotopic (exact) mass is 290 g/mol. The maximum Gasteiger partial charge on any atom is 0.380 e. The lowest BCUT2D eigenvalue weighted by Crippen LogP contribution is -2.61. The molecule has 1 atom stereocenters. The Labute approximate surface area is 97.1 Å². The van der Waals surface area contributed by atoms with Crippen molar-refractivity contribution in [2.45, 2.75) is 56.6 Å². The maximum atomic E-state index is 12.8. The van der Waals surface area contributed by atoms with Crippen molar-refractivity contribution in [1.82, 2.24) is 0 Å². The Balaban J connectivity index is 5.18. The minimum Gasteiger partial charge on any atom is -0.241 e. The zero-order valence-electron chi connectivity index (χ0n) is 9.18. The lowest BCUT2D eigenvalue weighted by atomic mass is 9.97. The normalized spacial score (nSPS) is 16.2. The fourth-order valence-electron chi connectivity index (χ4n) is 1.12. The van der Waals surface area contributed by atoms with E-state index in [9.17, 15) is 39.5 Å². The van der Waals surface area contributed by atoms with Crippen LogP contribution in [0, 0.1) is 0 Å². The molecule has 0 radical (unpaired) electrons. The molecule has 0 aromatic heterocycles. The molecule has 110 valence electrons. The molecule has 0 bridgehead atoms. The van der Waals surface area contributed by atoms with Crippen LogP contribution in [0.5, 0.6) is 0 Å². The van der Waals surface area contributed by atoms with Crippen LogP contribution < -0.4 is 0 Å². The molecule has 0 saturated heterocycles. The van der Waals surface area contributed by atoms with E-state index in [0.29, 0.717) is 0 Å². The molecule has 0 fully saturated rings. The maximum absolute atomic E-state index is 12.8. The van der Waals surface area contributed by atoms with Crippen molar-refractivity contribution in [2.75, 3.05) is 0 Å². The lowest BCUT2D eigenvalue weighted by Gasteiger charge is -2.33. The zero-order valence-corrected chi connectivity index (χ0v) is 9.18. The zero-order chi connectivity index (χ0) is 14.8. The molecule has 18 heavy (non-hydrogen) atoms. The van der Waals surface area contributed by atoms with Gasteiger partial charge in [0, 0.05) is 0 Å². The predicted octanol–water partition coefficient (Wildman–Crippen LogP) is 4.69. The quantitative estimate of drug-likeness (QED) is 0.597. The van der Waals surface area contributed by atoms with Crippen LogP contribution in [0.3, 0.4) is 0 Å². The molecule has 0 rings (SSSR count). The number of hydrogen-bond donors (Lipinski definition) is 0. The molecule has 1 unspecified atom stereocenters. The molecule has 0 amide bonds. The first-order valence-corrected chi connectivity index (χ1v) is 4.98. The highest BCUT2D eigenvalue weighted by Gasteiger charge is 2.77. The van der Waals surface area contributed by atoms with E-state index < -0.39 is 36.8 Å². The molecule has 0 aliphatic carbocycles. The summed E-state index contributed by atoms with van der Waals surface area (Å²) in [6.07, 6.45) is -9.84. The minimum absolute atomic E-state index is 0.160. The number of rotatable bonds is 7. The standard InChI is InChI=1S/C9H11F9/c1-2-3-4-5(10)7(13,14)9(17,18)8(15,16)6(11)12/h5-6H,2-4H2,1H3. The first-order chi connectivity index (χ1) is 7.92. The first-order valence-electron chi connectivity index (χ1n) is 4.98. The van der Waals surface area contributed by atoms with Gasteiger partial charge >= 0.3 is 24.2 Å². The van der Waals surface area contributed by atoms with Crippen molar-refractivity contribution >= 4 is 0 Å². The average Bonchev–Trinajstić information content (AvgIpc) is 2.24. The lowest BCUT2D eigenvalue weighted by molar-refractivity contribution is -0.350. The summed E-state index contributed by atoms with van der Waals surface area (Å²) in [5.74, 6) is -18.6. The fraction of sp³-hybridized carbons (Fsp3) is 1.00. The van der Waals surface area contributed by atoms with Crippen LogP contribution in [0.4, 0.5) is 39.5 Å². The van der Waals surface area contributed by atoms with E-state index in [-0.39, 0.29) is 12.8 Å². The summed E-state index contributed by atoms with van der Waals surface area (Å²) in [6.45, 7) is 1.43. The SMILES string of the molecule is CCCCC(F)C(F)(F)C(F)(F)C(F)(F)C(F)F. The molecular weight excluding hydrogens is 279 g/mol. The second-order valence-corrected chi connectivity index (χ2v) is 3.73. The summed E-state index contributed by atoms with van der Waals surface area (Å²) < 4.78 is 112. The number of unbranched alkanes of at least 4 members (excludes halogenated alkanes) is 1. The highest BCUT2D eigenvalue weighted by molar-refractivity contribution is 5.01. The molecule has 0 spiro atoms. The molecule has 0 heterocycles. The highest BCUT2D eigenvalue weighted by Crippen LogP contribution is 2.51. The van der Waals surface area contributed by atoms with Crippen molar-refractivity contribution in [1.29, 1.82) is 0 Å². The Hall–Kier alpha value is -0.630. The van der Waals surface area contributed by atoms with Gasteiger partial charge in [-0.05, 0) is 6.42 Å². The van der Waals surface area contributed by atoms with Gasteiger partial charge in [0.25, 0.3) is 0 Å². The van der Waals surface area contributed by atoms with E-state index in [4.69, 9.17) is 0 Å². The van der Waals surface area contributed by atoms with E-state index in [1.54, 1.807) is 0 Å².